The number of pyridine rings is 1. The molecule has 0 bridgehead atoms. The van der Waals surface area contributed by atoms with E-state index in [2.05, 4.69) is 16.5 Å². The topological polar surface area (TPSA) is 73.8 Å². The van der Waals surface area contributed by atoms with Gasteiger partial charge in [0.15, 0.2) is 5.82 Å². The van der Waals surface area contributed by atoms with Crippen molar-refractivity contribution >= 4 is 27.7 Å². The number of unbranched alkanes of at least 4 members (excludes halogenated alkanes) is 1. The molecule has 6 heteroatoms. The minimum absolute atomic E-state index is 0.519. The van der Waals surface area contributed by atoms with Crippen molar-refractivity contribution in [3.05, 3.63) is 17.6 Å². The second kappa shape index (κ2) is 6.36. The minimum atomic E-state index is -0.708. The molecule has 1 fully saturated rings. The van der Waals surface area contributed by atoms with Gasteiger partial charge in [-0.1, -0.05) is 0 Å². The number of nitrogen functional groups attached to an aromatic ring is 1. The van der Waals surface area contributed by atoms with E-state index in [1.807, 2.05) is 6.20 Å². The number of nitrogens with two attached hydrogens (primary N) is 1. The fourth-order valence-corrected chi connectivity index (χ4v) is 3.53. The highest BCUT2D eigenvalue weighted by atomic mass is 32.2. The Kier molecular flexibility index (Phi) is 4.47. The lowest BCUT2D eigenvalue weighted by Crippen LogP contribution is -2.07. The molecule has 1 unspecified atom stereocenters. The molecule has 0 saturated heterocycles. The average molecular weight is 320 g/mol. The quantitative estimate of drug-likeness (QED) is 0.795. The zero-order chi connectivity index (χ0) is 15.7. The first-order chi connectivity index (χ1) is 10.6. The molecule has 1 atom stereocenters. The van der Waals surface area contributed by atoms with Gasteiger partial charge in [0.1, 0.15) is 11.3 Å². The van der Waals surface area contributed by atoms with Crippen molar-refractivity contribution in [1.29, 1.82) is 0 Å². The first-order valence-corrected chi connectivity index (χ1v) is 9.69. The van der Waals surface area contributed by atoms with Gasteiger partial charge in [0.05, 0.1) is 5.52 Å². The number of rotatable bonds is 7. The summed E-state index contributed by atoms with van der Waals surface area (Å²) in [5.74, 6) is 3.21. The summed E-state index contributed by atoms with van der Waals surface area (Å²) in [5, 5.41) is 0. The van der Waals surface area contributed by atoms with Gasteiger partial charge in [-0.2, -0.15) is 0 Å². The third-order valence-corrected chi connectivity index (χ3v) is 5.16. The predicted octanol–water partition coefficient (Wildman–Crippen LogP) is 2.43. The second-order valence-electron chi connectivity index (χ2n) is 6.34. The van der Waals surface area contributed by atoms with Crippen molar-refractivity contribution in [3.63, 3.8) is 0 Å². The number of aromatic nitrogens is 3. The van der Waals surface area contributed by atoms with Crippen LogP contribution in [0, 0.1) is 12.8 Å². The summed E-state index contributed by atoms with van der Waals surface area (Å²) < 4.78 is 13.5. The Morgan fingerprint density at radius 1 is 1.41 bits per heavy atom. The molecule has 1 aliphatic rings. The predicted molar refractivity (Wildman–Crippen MR) is 91.3 cm³/mol. The number of nitrogens with zero attached hydrogens (tertiary/aromatic N) is 3. The second-order valence-corrected chi connectivity index (χ2v) is 7.89. The monoisotopic (exact) mass is 320 g/mol. The van der Waals surface area contributed by atoms with Crippen LogP contribution in [0.2, 0.25) is 0 Å². The lowest BCUT2D eigenvalue weighted by molar-refractivity contribution is 0.601. The fourth-order valence-electron chi connectivity index (χ4n) is 2.92. The Bertz CT molecular complexity index is 706. The van der Waals surface area contributed by atoms with E-state index in [9.17, 15) is 4.21 Å². The summed E-state index contributed by atoms with van der Waals surface area (Å²) >= 11 is 0. The van der Waals surface area contributed by atoms with Crippen molar-refractivity contribution in [1.82, 2.24) is 14.5 Å². The Morgan fingerprint density at radius 2 is 2.18 bits per heavy atom. The first-order valence-electron chi connectivity index (χ1n) is 7.96. The molecule has 1 aliphatic carbocycles. The van der Waals surface area contributed by atoms with Crippen LogP contribution < -0.4 is 5.73 Å². The summed E-state index contributed by atoms with van der Waals surface area (Å²) in [6.45, 7) is 2.98. The van der Waals surface area contributed by atoms with E-state index in [1.54, 1.807) is 6.26 Å². The maximum absolute atomic E-state index is 11.2. The van der Waals surface area contributed by atoms with Crippen molar-refractivity contribution in [2.45, 2.75) is 45.6 Å². The molecular formula is C16H24N4OS. The van der Waals surface area contributed by atoms with Crippen LogP contribution in [0.4, 0.5) is 5.82 Å². The van der Waals surface area contributed by atoms with Gasteiger partial charge >= 0.3 is 0 Å². The molecule has 2 N–H and O–H groups in total. The maximum atomic E-state index is 11.2. The molecule has 0 spiro atoms. The lowest BCUT2D eigenvalue weighted by atomic mass is 10.2. The molecule has 1 saturated carbocycles. The van der Waals surface area contributed by atoms with Crippen LogP contribution >= 0.6 is 0 Å². The van der Waals surface area contributed by atoms with Crippen LogP contribution in [-0.2, 0) is 23.8 Å². The molecule has 5 nitrogen and oxygen atoms in total. The van der Waals surface area contributed by atoms with Gasteiger partial charge in [0, 0.05) is 42.0 Å². The third-order valence-electron chi connectivity index (χ3n) is 4.29. The van der Waals surface area contributed by atoms with Gasteiger partial charge in [0.2, 0.25) is 0 Å². The average Bonchev–Trinajstić information content (AvgIpc) is 3.20. The Hall–Kier alpha value is -1.43. The van der Waals surface area contributed by atoms with Gasteiger partial charge in [0.25, 0.3) is 0 Å². The highest BCUT2D eigenvalue weighted by Gasteiger charge is 2.25. The Balaban J connectivity index is 1.89. The number of imidazole rings is 1. The largest absolute Gasteiger partial charge is 0.382 e. The molecule has 2 aromatic heterocycles. The van der Waals surface area contributed by atoms with Crippen molar-refractivity contribution in [2.75, 3.05) is 17.7 Å². The number of fused-ring (bicyclic) bond motifs is 1. The SMILES string of the molecule is Cc1cnc(N)c2nc(CC3CC3)n(CCCCS(C)=O)c12. The van der Waals surface area contributed by atoms with Gasteiger partial charge in [-0.3, -0.25) is 4.21 Å². The number of hydrogen-bond donors (Lipinski definition) is 1. The summed E-state index contributed by atoms with van der Waals surface area (Å²) in [6.07, 6.45) is 9.25. The van der Waals surface area contributed by atoms with E-state index >= 15 is 0 Å². The molecule has 22 heavy (non-hydrogen) atoms. The van der Waals surface area contributed by atoms with Crippen molar-refractivity contribution < 1.29 is 4.21 Å². The van der Waals surface area contributed by atoms with Gasteiger partial charge in [-0.25, -0.2) is 9.97 Å². The summed E-state index contributed by atoms with van der Waals surface area (Å²) in [6, 6.07) is 0. The Morgan fingerprint density at radius 3 is 2.86 bits per heavy atom. The summed E-state index contributed by atoms with van der Waals surface area (Å²) in [4.78, 5) is 9.02. The van der Waals surface area contributed by atoms with Gasteiger partial charge in [-0.05, 0) is 44.1 Å². The molecule has 0 aromatic carbocycles. The van der Waals surface area contributed by atoms with Crippen LogP contribution in [0.15, 0.2) is 6.20 Å². The lowest BCUT2D eigenvalue weighted by Gasteiger charge is -2.10. The molecule has 120 valence electrons. The maximum Gasteiger partial charge on any atom is 0.151 e. The van der Waals surface area contributed by atoms with E-state index in [4.69, 9.17) is 10.7 Å². The zero-order valence-corrected chi connectivity index (χ0v) is 14.2. The standard InChI is InChI=1S/C16H24N4OS/c1-11-10-18-16(17)14-15(11)20(7-3-4-8-22(2)21)13(19-14)9-12-5-6-12/h10,12H,3-9H2,1-2H3,(H2,17,18). The smallest absolute Gasteiger partial charge is 0.151 e. The van der Waals surface area contributed by atoms with Crippen LogP contribution in [0.1, 0.15) is 37.1 Å². The van der Waals surface area contributed by atoms with Gasteiger partial charge in [-0.15, -0.1) is 0 Å². The van der Waals surface area contributed by atoms with Crippen LogP contribution in [0.5, 0.6) is 0 Å². The number of hydrogen-bond acceptors (Lipinski definition) is 4. The molecule has 0 aliphatic heterocycles. The van der Waals surface area contributed by atoms with Gasteiger partial charge < -0.3 is 10.3 Å². The van der Waals surface area contributed by atoms with E-state index in [0.717, 1.165) is 59.9 Å². The van der Waals surface area contributed by atoms with E-state index in [-0.39, 0.29) is 0 Å². The molecule has 2 aromatic rings. The first kappa shape index (κ1) is 15.5. The zero-order valence-electron chi connectivity index (χ0n) is 13.3. The molecular weight excluding hydrogens is 296 g/mol. The highest BCUT2D eigenvalue weighted by Crippen LogP contribution is 2.34. The van der Waals surface area contributed by atoms with E-state index < -0.39 is 10.8 Å². The molecule has 2 heterocycles. The molecule has 3 rings (SSSR count). The van der Waals surface area contributed by atoms with Crippen molar-refractivity contribution in [3.8, 4) is 0 Å². The minimum Gasteiger partial charge on any atom is -0.382 e. The Labute approximate surface area is 133 Å². The number of aryl methyl sites for hydroxylation is 2. The fraction of sp³-hybridized carbons (Fsp3) is 0.625. The number of anilines is 1. The normalized spacial score (nSPS) is 16.3. The van der Waals surface area contributed by atoms with E-state index in [0.29, 0.717) is 5.82 Å². The van der Waals surface area contributed by atoms with E-state index in [1.165, 1.54) is 12.8 Å². The summed E-state index contributed by atoms with van der Waals surface area (Å²) in [7, 11) is -0.708. The van der Waals surface area contributed by atoms with Crippen LogP contribution in [0.25, 0.3) is 11.0 Å². The van der Waals surface area contributed by atoms with Crippen LogP contribution in [0.3, 0.4) is 0 Å². The van der Waals surface area contributed by atoms with Crippen LogP contribution in [-0.4, -0.2) is 30.8 Å². The van der Waals surface area contributed by atoms with Crippen molar-refractivity contribution in [2.24, 2.45) is 5.92 Å². The molecule has 0 radical (unpaired) electrons. The molecule has 0 amide bonds. The summed E-state index contributed by atoms with van der Waals surface area (Å²) in [5.41, 5.74) is 9.11. The highest BCUT2D eigenvalue weighted by molar-refractivity contribution is 7.84. The third kappa shape index (κ3) is 3.32.